The van der Waals surface area contributed by atoms with Crippen molar-refractivity contribution in [1.82, 2.24) is 0 Å². The third-order valence-electron chi connectivity index (χ3n) is 4.17. The van der Waals surface area contributed by atoms with E-state index in [-0.39, 0.29) is 6.04 Å². The van der Waals surface area contributed by atoms with Crippen LogP contribution in [0.3, 0.4) is 0 Å². The fourth-order valence-electron chi connectivity index (χ4n) is 3.14. The van der Waals surface area contributed by atoms with Crippen LogP contribution >= 0.6 is 0 Å². The van der Waals surface area contributed by atoms with E-state index in [9.17, 15) is 0 Å². The highest BCUT2D eigenvalue weighted by Crippen LogP contribution is 2.38. The summed E-state index contributed by atoms with van der Waals surface area (Å²) >= 11 is 0. The third kappa shape index (κ3) is 1.95. The summed E-state index contributed by atoms with van der Waals surface area (Å²) in [7, 11) is 0. The first-order valence-electron chi connectivity index (χ1n) is 6.88. The second-order valence-corrected chi connectivity index (χ2v) is 5.63. The molecule has 0 bridgehead atoms. The van der Waals surface area contributed by atoms with Crippen molar-refractivity contribution in [1.29, 1.82) is 0 Å². The first kappa shape index (κ1) is 11.1. The van der Waals surface area contributed by atoms with Crippen molar-refractivity contribution in [2.24, 2.45) is 5.73 Å². The van der Waals surface area contributed by atoms with E-state index in [4.69, 9.17) is 5.73 Å². The van der Waals surface area contributed by atoms with Crippen LogP contribution in [0.25, 0.3) is 0 Å². The summed E-state index contributed by atoms with van der Waals surface area (Å²) in [6.45, 7) is 3.32. The highest BCUT2D eigenvalue weighted by atomic mass is 15.2. The lowest BCUT2D eigenvalue weighted by molar-refractivity contribution is 0.392. The second kappa shape index (κ2) is 4.34. The van der Waals surface area contributed by atoms with Crippen molar-refractivity contribution in [3.8, 4) is 0 Å². The van der Waals surface area contributed by atoms with Gasteiger partial charge in [-0.1, -0.05) is 18.2 Å². The first-order chi connectivity index (χ1) is 8.25. The van der Waals surface area contributed by atoms with Gasteiger partial charge in [-0.05, 0) is 50.2 Å². The van der Waals surface area contributed by atoms with Gasteiger partial charge in [0.2, 0.25) is 0 Å². The Kier molecular flexibility index (Phi) is 2.83. The van der Waals surface area contributed by atoms with E-state index in [1.165, 1.54) is 49.0 Å². The highest BCUT2D eigenvalue weighted by Gasteiger charge is 2.31. The van der Waals surface area contributed by atoms with Crippen LogP contribution in [0.15, 0.2) is 18.2 Å². The van der Waals surface area contributed by atoms with Gasteiger partial charge >= 0.3 is 0 Å². The molecule has 1 unspecified atom stereocenters. The Balaban J connectivity index is 1.93. The molecule has 1 saturated carbocycles. The van der Waals surface area contributed by atoms with E-state index in [0.717, 1.165) is 12.5 Å². The summed E-state index contributed by atoms with van der Waals surface area (Å²) < 4.78 is 0. The predicted molar refractivity (Wildman–Crippen MR) is 72.5 cm³/mol. The van der Waals surface area contributed by atoms with Crippen molar-refractivity contribution in [3.63, 3.8) is 0 Å². The lowest BCUT2D eigenvalue weighted by Gasteiger charge is -2.37. The van der Waals surface area contributed by atoms with Gasteiger partial charge in [0, 0.05) is 24.3 Å². The monoisotopic (exact) mass is 230 g/mol. The first-order valence-corrected chi connectivity index (χ1v) is 6.88. The molecule has 0 spiro atoms. The van der Waals surface area contributed by atoms with Gasteiger partial charge in [-0.25, -0.2) is 0 Å². The normalized spacial score (nSPS) is 21.2. The van der Waals surface area contributed by atoms with Gasteiger partial charge in [0.15, 0.2) is 0 Å². The molecule has 3 rings (SSSR count). The Labute approximate surface area is 104 Å². The van der Waals surface area contributed by atoms with Crippen molar-refractivity contribution < 1.29 is 0 Å². The molecule has 1 aromatic carbocycles. The fraction of sp³-hybridized carbons (Fsp3) is 0.600. The minimum Gasteiger partial charge on any atom is -0.368 e. The second-order valence-electron chi connectivity index (χ2n) is 5.63. The minimum atomic E-state index is 0.255. The number of hydrogen-bond donors (Lipinski definition) is 1. The van der Waals surface area contributed by atoms with Crippen molar-refractivity contribution in [3.05, 3.63) is 29.3 Å². The molecule has 1 atom stereocenters. The molecule has 92 valence electrons. The molecule has 0 amide bonds. The quantitative estimate of drug-likeness (QED) is 0.864. The number of nitrogens with two attached hydrogens (primary N) is 1. The lowest BCUT2D eigenvalue weighted by atomic mass is 9.90. The molecule has 1 heterocycles. The third-order valence-corrected chi connectivity index (χ3v) is 4.17. The zero-order valence-electron chi connectivity index (χ0n) is 10.7. The number of rotatable bonds is 3. The van der Waals surface area contributed by atoms with Crippen LogP contribution < -0.4 is 10.6 Å². The van der Waals surface area contributed by atoms with Gasteiger partial charge in [0.1, 0.15) is 0 Å². The summed E-state index contributed by atoms with van der Waals surface area (Å²) in [5.74, 6) is 0. The highest BCUT2D eigenvalue weighted by molar-refractivity contribution is 5.64. The molecule has 2 aliphatic rings. The number of hydrogen-bond acceptors (Lipinski definition) is 2. The molecule has 1 aromatic rings. The van der Waals surface area contributed by atoms with Gasteiger partial charge in [0.25, 0.3) is 0 Å². The van der Waals surface area contributed by atoms with Crippen LogP contribution in [0.1, 0.15) is 37.3 Å². The van der Waals surface area contributed by atoms with E-state index in [1.54, 1.807) is 0 Å². The number of para-hydroxylation sites is 1. The minimum absolute atomic E-state index is 0.255. The maximum Gasteiger partial charge on any atom is 0.0435 e. The maximum atomic E-state index is 5.97. The summed E-state index contributed by atoms with van der Waals surface area (Å²) in [4.78, 5) is 2.65. The van der Waals surface area contributed by atoms with Crippen molar-refractivity contribution in [2.75, 3.05) is 11.4 Å². The molecular formula is C15H22N2. The standard InChI is InChI=1S/C15H22N2/c1-11(16)10-13-5-2-4-12-8-9-17(15(12)13)14-6-3-7-14/h2,4-5,11,14H,3,6-10,16H2,1H3. The molecule has 17 heavy (non-hydrogen) atoms. The molecular weight excluding hydrogens is 208 g/mol. The molecule has 2 heteroatoms. The lowest BCUT2D eigenvalue weighted by Crippen LogP contribution is -2.39. The van der Waals surface area contributed by atoms with Crippen LogP contribution in [0.4, 0.5) is 5.69 Å². The topological polar surface area (TPSA) is 29.3 Å². The molecule has 2 nitrogen and oxygen atoms in total. The molecule has 1 fully saturated rings. The Bertz CT molecular complexity index is 407. The average molecular weight is 230 g/mol. The largest absolute Gasteiger partial charge is 0.368 e. The Hall–Kier alpha value is -1.02. The summed E-state index contributed by atoms with van der Waals surface area (Å²) in [6.07, 6.45) is 6.40. The molecule has 1 aliphatic carbocycles. The Morgan fingerprint density at radius 3 is 2.88 bits per heavy atom. The molecule has 0 aromatic heterocycles. The number of anilines is 1. The predicted octanol–water partition coefficient (Wildman–Crippen LogP) is 2.49. The van der Waals surface area contributed by atoms with Gasteiger partial charge < -0.3 is 10.6 Å². The van der Waals surface area contributed by atoms with E-state index in [0.29, 0.717) is 0 Å². The molecule has 0 radical (unpaired) electrons. The number of benzene rings is 1. The fourth-order valence-corrected chi connectivity index (χ4v) is 3.14. The van der Waals surface area contributed by atoms with Crippen LogP contribution in [0.2, 0.25) is 0 Å². The van der Waals surface area contributed by atoms with Gasteiger partial charge in [0.05, 0.1) is 0 Å². The van der Waals surface area contributed by atoms with Crippen LogP contribution in [-0.4, -0.2) is 18.6 Å². The maximum absolute atomic E-state index is 5.97. The molecule has 0 saturated heterocycles. The Morgan fingerprint density at radius 2 is 2.24 bits per heavy atom. The summed E-state index contributed by atoms with van der Waals surface area (Å²) in [5.41, 5.74) is 10.5. The molecule has 1 aliphatic heterocycles. The van der Waals surface area contributed by atoms with Gasteiger partial charge in [-0.15, -0.1) is 0 Å². The summed E-state index contributed by atoms with van der Waals surface area (Å²) in [6, 6.07) is 7.81. The zero-order chi connectivity index (χ0) is 11.8. The van der Waals surface area contributed by atoms with Crippen molar-refractivity contribution >= 4 is 5.69 Å². The number of fused-ring (bicyclic) bond motifs is 1. The van der Waals surface area contributed by atoms with E-state index in [2.05, 4.69) is 30.0 Å². The number of nitrogens with zero attached hydrogens (tertiary/aromatic N) is 1. The Morgan fingerprint density at radius 1 is 1.41 bits per heavy atom. The SMILES string of the molecule is CC(N)Cc1cccc2c1N(C1CCC1)CC2. The van der Waals surface area contributed by atoms with Crippen LogP contribution in [0.5, 0.6) is 0 Å². The zero-order valence-corrected chi connectivity index (χ0v) is 10.7. The van der Waals surface area contributed by atoms with E-state index < -0.39 is 0 Å². The van der Waals surface area contributed by atoms with E-state index >= 15 is 0 Å². The van der Waals surface area contributed by atoms with Gasteiger partial charge in [-0.2, -0.15) is 0 Å². The smallest absolute Gasteiger partial charge is 0.0435 e. The van der Waals surface area contributed by atoms with Gasteiger partial charge in [-0.3, -0.25) is 0 Å². The van der Waals surface area contributed by atoms with Crippen LogP contribution in [0, 0.1) is 0 Å². The van der Waals surface area contributed by atoms with Crippen molar-refractivity contribution in [2.45, 2.75) is 51.1 Å². The average Bonchev–Trinajstić information content (AvgIpc) is 2.60. The molecule has 2 N–H and O–H groups in total. The van der Waals surface area contributed by atoms with Crippen LogP contribution in [-0.2, 0) is 12.8 Å². The van der Waals surface area contributed by atoms with E-state index in [1.807, 2.05) is 0 Å². The summed E-state index contributed by atoms with van der Waals surface area (Å²) in [5, 5.41) is 0.